The van der Waals surface area contributed by atoms with E-state index in [9.17, 15) is 0 Å². The lowest BCUT2D eigenvalue weighted by Crippen LogP contribution is -2.41. The van der Waals surface area contributed by atoms with E-state index in [0.29, 0.717) is 18.3 Å². The number of amidine groups is 1. The standard InChI is InChI=1S/C11H24N4O/c1-15-8-5-10(6-9-15)13-7-3-2-4-11(12)14-16/h10,13,16H,2-9H2,1H3,(H2,12,14). The summed E-state index contributed by atoms with van der Waals surface area (Å²) < 4.78 is 0. The molecule has 0 atom stereocenters. The summed E-state index contributed by atoms with van der Waals surface area (Å²) in [5, 5.41) is 14.9. The third-order valence-electron chi connectivity index (χ3n) is 3.14. The molecule has 1 heterocycles. The second kappa shape index (κ2) is 7.46. The van der Waals surface area contributed by atoms with E-state index in [2.05, 4.69) is 22.4 Å². The number of hydrogen-bond acceptors (Lipinski definition) is 4. The fraction of sp³-hybridized carbons (Fsp3) is 0.909. The molecule has 1 aliphatic heterocycles. The minimum atomic E-state index is 0.333. The van der Waals surface area contributed by atoms with E-state index in [-0.39, 0.29) is 0 Å². The molecular weight excluding hydrogens is 204 g/mol. The van der Waals surface area contributed by atoms with Crippen molar-refractivity contribution in [2.75, 3.05) is 26.7 Å². The molecule has 0 aromatic heterocycles. The van der Waals surface area contributed by atoms with E-state index in [1.54, 1.807) is 0 Å². The Kier molecular flexibility index (Phi) is 6.18. The molecule has 0 aromatic carbocycles. The summed E-state index contributed by atoms with van der Waals surface area (Å²) in [6.07, 6.45) is 5.25. The minimum absolute atomic E-state index is 0.333. The van der Waals surface area contributed by atoms with E-state index in [4.69, 9.17) is 10.9 Å². The van der Waals surface area contributed by atoms with Crippen molar-refractivity contribution in [3.63, 3.8) is 0 Å². The number of nitrogens with one attached hydrogen (secondary N) is 1. The quantitative estimate of drug-likeness (QED) is 0.204. The zero-order valence-electron chi connectivity index (χ0n) is 10.2. The average Bonchev–Trinajstić information content (AvgIpc) is 2.31. The molecule has 1 rings (SSSR count). The number of piperidine rings is 1. The maximum Gasteiger partial charge on any atom is 0.139 e. The number of likely N-dealkylation sites (tertiary alicyclic amines) is 1. The van der Waals surface area contributed by atoms with Crippen LogP contribution in [0.25, 0.3) is 0 Å². The molecule has 4 N–H and O–H groups in total. The first-order chi connectivity index (χ1) is 7.72. The fourth-order valence-electron chi connectivity index (χ4n) is 2.00. The summed E-state index contributed by atoms with van der Waals surface area (Å²) in [7, 11) is 2.17. The number of oxime groups is 1. The Morgan fingerprint density at radius 1 is 1.44 bits per heavy atom. The molecule has 0 aliphatic carbocycles. The van der Waals surface area contributed by atoms with Gasteiger partial charge in [-0.1, -0.05) is 5.16 Å². The van der Waals surface area contributed by atoms with Gasteiger partial charge in [0.2, 0.25) is 0 Å². The van der Waals surface area contributed by atoms with Crippen molar-refractivity contribution in [2.24, 2.45) is 10.9 Å². The second-order valence-corrected chi connectivity index (χ2v) is 4.58. The fourth-order valence-corrected chi connectivity index (χ4v) is 2.00. The van der Waals surface area contributed by atoms with Crippen LogP contribution in [-0.4, -0.2) is 48.7 Å². The SMILES string of the molecule is CN1CCC(NCCCCC(N)=NO)CC1. The third-order valence-corrected chi connectivity index (χ3v) is 3.14. The number of nitrogens with two attached hydrogens (primary N) is 1. The Bertz CT molecular complexity index is 212. The molecule has 0 aromatic rings. The highest BCUT2D eigenvalue weighted by Gasteiger charge is 2.15. The van der Waals surface area contributed by atoms with Gasteiger partial charge in [-0.3, -0.25) is 0 Å². The predicted molar refractivity (Wildman–Crippen MR) is 65.8 cm³/mol. The maximum absolute atomic E-state index is 8.36. The van der Waals surface area contributed by atoms with Gasteiger partial charge in [-0.25, -0.2) is 0 Å². The van der Waals surface area contributed by atoms with Crippen molar-refractivity contribution >= 4 is 5.84 Å². The predicted octanol–water partition coefficient (Wildman–Crippen LogP) is 0.587. The Morgan fingerprint density at radius 2 is 2.12 bits per heavy atom. The van der Waals surface area contributed by atoms with Crippen molar-refractivity contribution in [1.82, 2.24) is 10.2 Å². The molecule has 0 radical (unpaired) electrons. The number of rotatable bonds is 6. The highest BCUT2D eigenvalue weighted by Crippen LogP contribution is 2.08. The monoisotopic (exact) mass is 228 g/mol. The van der Waals surface area contributed by atoms with Gasteiger partial charge < -0.3 is 21.2 Å². The highest BCUT2D eigenvalue weighted by molar-refractivity contribution is 5.79. The third kappa shape index (κ3) is 5.32. The van der Waals surface area contributed by atoms with Gasteiger partial charge in [0.15, 0.2) is 0 Å². The van der Waals surface area contributed by atoms with Crippen LogP contribution in [0.1, 0.15) is 32.1 Å². The van der Waals surface area contributed by atoms with Crippen LogP contribution < -0.4 is 11.1 Å². The van der Waals surface area contributed by atoms with Gasteiger partial charge in [0.05, 0.1) is 0 Å². The first-order valence-electron chi connectivity index (χ1n) is 6.10. The Morgan fingerprint density at radius 3 is 2.75 bits per heavy atom. The van der Waals surface area contributed by atoms with Gasteiger partial charge in [-0.05, 0) is 52.4 Å². The average molecular weight is 228 g/mol. The Labute approximate surface area is 97.7 Å². The Balaban J connectivity index is 1.95. The molecular formula is C11H24N4O. The summed E-state index contributed by atoms with van der Waals surface area (Å²) in [5.74, 6) is 0.333. The van der Waals surface area contributed by atoms with Crippen LogP contribution in [0, 0.1) is 0 Å². The molecule has 0 spiro atoms. The zero-order valence-corrected chi connectivity index (χ0v) is 10.2. The molecule has 0 bridgehead atoms. The molecule has 1 fully saturated rings. The van der Waals surface area contributed by atoms with E-state index in [1.807, 2.05) is 0 Å². The largest absolute Gasteiger partial charge is 0.409 e. The van der Waals surface area contributed by atoms with Crippen molar-refractivity contribution in [3.8, 4) is 0 Å². The van der Waals surface area contributed by atoms with Gasteiger partial charge in [-0.15, -0.1) is 0 Å². The molecule has 0 amide bonds. The molecule has 16 heavy (non-hydrogen) atoms. The lowest BCUT2D eigenvalue weighted by Gasteiger charge is -2.29. The van der Waals surface area contributed by atoms with E-state index >= 15 is 0 Å². The Hall–Kier alpha value is -0.810. The summed E-state index contributed by atoms with van der Waals surface area (Å²) >= 11 is 0. The normalized spacial score (nSPS) is 20.2. The summed E-state index contributed by atoms with van der Waals surface area (Å²) in [6, 6.07) is 0.681. The van der Waals surface area contributed by atoms with Crippen molar-refractivity contribution in [1.29, 1.82) is 0 Å². The number of hydrogen-bond donors (Lipinski definition) is 3. The van der Waals surface area contributed by atoms with Gasteiger partial charge in [0.1, 0.15) is 5.84 Å². The van der Waals surface area contributed by atoms with Crippen LogP contribution in [-0.2, 0) is 0 Å². The number of nitrogens with zero attached hydrogens (tertiary/aromatic N) is 2. The summed E-state index contributed by atoms with van der Waals surface area (Å²) in [5.41, 5.74) is 5.39. The maximum atomic E-state index is 8.36. The molecule has 1 aliphatic rings. The minimum Gasteiger partial charge on any atom is -0.409 e. The van der Waals surface area contributed by atoms with Crippen LogP contribution in [0.15, 0.2) is 5.16 Å². The van der Waals surface area contributed by atoms with E-state index in [1.165, 1.54) is 25.9 Å². The van der Waals surface area contributed by atoms with Gasteiger partial charge in [0.25, 0.3) is 0 Å². The summed E-state index contributed by atoms with van der Waals surface area (Å²) in [4.78, 5) is 2.37. The lowest BCUT2D eigenvalue weighted by atomic mass is 10.1. The highest BCUT2D eigenvalue weighted by atomic mass is 16.4. The molecule has 1 saturated heterocycles. The lowest BCUT2D eigenvalue weighted by molar-refractivity contribution is 0.234. The van der Waals surface area contributed by atoms with Gasteiger partial charge in [0, 0.05) is 12.5 Å². The van der Waals surface area contributed by atoms with Crippen molar-refractivity contribution in [3.05, 3.63) is 0 Å². The van der Waals surface area contributed by atoms with E-state index < -0.39 is 0 Å². The van der Waals surface area contributed by atoms with Crippen LogP contribution in [0.2, 0.25) is 0 Å². The summed E-state index contributed by atoms with van der Waals surface area (Å²) in [6.45, 7) is 3.43. The van der Waals surface area contributed by atoms with Crippen LogP contribution in [0.4, 0.5) is 0 Å². The topological polar surface area (TPSA) is 73.9 Å². The van der Waals surface area contributed by atoms with Crippen LogP contribution >= 0.6 is 0 Å². The second-order valence-electron chi connectivity index (χ2n) is 4.58. The zero-order chi connectivity index (χ0) is 11.8. The molecule has 0 unspecified atom stereocenters. The molecule has 5 heteroatoms. The van der Waals surface area contributed by atoms with E-state index in [0.717, 1.165) is 19.4 Å². The van der Waals surface area contributed by atoms with Gasteiger partial charge >= 0.3 is 0 Å². The molecule has 0 saturated carbocycles. The number of unbranched alkanes of at least 4 members (excludes halogenated alkanes) is 1. The molecule has 5 nitrogen and oxygen atoms in total. The van der Waals surface area contributed by atoms with Crippen molar-refractivity contribution in [2.45, 2.75) is 38.1 Å². The van der Waals surface area contributed by atoms with Crippen LogP contribution in [0.3, 0.4) is 0 Å². The smallest absolute Gasteiger partial charge is 0.139 e. The first kappa shape index (κ1) is 13.3. The first-order valence-corrected chi connectivity index (χ1v) is 6.10. The van der Waals surface area contributed by atoms with Gasteiger partial charge in [-0.2, -0.15) is 0 Å². The van der Waals surface area contributed by atoms with Crippen LogP contribution in [0.5, 0.6) is 0 Å². The molecule has 94 valence electrons. The van der Waals surface area contributed by atoms with Crippen molar-refractivity contribution < 1.29 is 5.21 Å².